The van der Waals surface area contributed by atoms with Crippen molar-refractivity contribution in [1.82, 2.24) is 26.2 Å². The minimum absolute atomic E-state index is 0.0231. The highest BCUT2D eigenvalue weighted by molar-refractivity contribution is 7.99. The Morgan fingerprint density at radius 2 is 1.53 bits per heavy atom. The van der Waals surface area contributed by atoms with Crippen LogP contribution in [-0.2, 0) is 51.2 Å². The van der Waals surface area contributed by atoms with Crippen molar-refractivity contribution in [2.45, 2.75) is 109 Å². The number of primary amides is 1. The number of unbranched alkanes of at least 4 members (excludes halogenated alkanes) is 1. The summed E-state index contributed by atoms with van der Waals surface area (Å²) in [5.41, 5.74) is 17.5. The molecule has 2 heterocycles. The van der Waals surface area contributed by atoms with E-state index in [1.807, 2.05) is 0 Å². The molecule has 0 aromatic heterocycles. The van der Waals surface area contributed by atoms with E-state index in [1.54, 1.807) is 38.1 Å². The third kappa shape index (κ3) is 17.3. The molecule has 17 nitrogen and oxygen atoms in total. The number of carbonyl (C=O) groups is 8. The van der Waals surface area contributed by atoms with Crippen LogP contribution >= 0.6 is 23.4 Å². The molecule has 2 aliphatic heterocycles. The first-order valence-corrected chi connectivity index (χ1v) is 23.9. The van der Waals surface area contributed by atoms with Gasteiger partial charge in [-0.25, -0.2) is 4.39 Å². The average Bonchev–Trinajstić information content (AvgIpc) is 3.76. The predicted molar refractivity (Wildman–Crippen MR) is 250 cm³/mol. The summed E-state index contributed by atoms with van der Waals surface area (Å²) in [6, 6.07) is 7.31. The number of thioether (sulfide) groups is 1. The number of ketones is 2. The fourth-order valence-corrected chi connectivity index (χ4v) is 9.09. The quantitative estimate of drug-likeness (QED) is 0.0818. The Morgan fingerprint density at radius 1 is 0.864 bits per heavy atom. The number of Topliss-reactive ketones (excluding diaryl/α,β-unsaturated/α-hetero) is 2. The van der Waals surface area contributed by atoms with Crippen molar-refractivity contribution in [3.05, 3.63) is 70.5 Å². The van der Waals surface area contributed by atoms with Crippen LogP contribution in [0.1, 0.15) is 82.8 Å². The minimum atomic E-state index is -1.48. The second kappa shape index (κ2) is 26.6. The van der Waals surface area contributed by atoms with E-state index in [2.05, 4.69) is 26.3 Å². The van der Waals surface area contributed by atoms with Gasteiger partial charge in [0.25, 0.3) is 0 Å². The number of rotatable bonds is 14. The maximum atomic E-state index is 14.4. The number of carbonyl (C=O) groups excluding carboxylic acids is 8. The lowest BCUT2D eigenvalue weighted by atomic mass is 9.91. The minimum Gasteiger partial charge on any atom is -0.370 e. The van der Waals surface area contributed by atoms with Gasteiger partial charge in [0.05, 0.1) is 18.4 Å². The number of amides is 6. The summed E-state index contributed by atoms with van der Waals surface area (Å²) in [5.74, 6) is -7.25. The Morgan fingerprint density at radius 3 is 2.20 bits per heavy atom. The molecule has 2 aromatic rings. The number of halogens is 2. The molecule has 0 saturated carbocycles. The molecule has 2 aliphatic rings. The van der Waals surface area contributed by atoms with E-state index in [0.717, 1.165) is 5.56 Å². The highest BCUT2D eigenvalue weighted by Crippen LogP contribution is 2.26. The van der Waals surface area contributed by atoms with Gasteiger partial charge < -0.3 is 43.4 Å². The number of nitrogens with one attached hydrogen (secondary N) is 4. The normalized spacial score (nSPS) is 23.0. The monoisotopic (exact) mass is 955 g/mol. The summed E-state index contributed by atoms with van der Waals surface area (Å²) in [6.07, 6.45) is 1.51. The number of benzene rings is 2. The molecule has 6 amide bonds. The zero-order valence-electron chi connectivity index (χ0n) is 37.5. The molecule has 0 aliphatic carbocycles. The maximum absolute atomic E-state index is 14.4. The molecule has 20 heteroatoms. The number of guanidine groups is 1. The second-order valence-corrected chi connectivity index (χ2v) is 18.8. The van der Waals surface area contributed by atoms with Gasteiger partial charge in [0.15, 0.2) is 11.7 Å². The van der Waals surface area contributed by atoms with Crippen LogP contribution < -0.4 is 38.5 Å². The van der Waals surface area contributed by atoms with Gasteiger partial charge in [0.1, 0.15) is 29.7 Å². The topological polar surface area (TPSA) is 278 Å². The Bertz CT molecular complexity index is 2060. The molecule has 2 saturated heterocycles. The molecule has 2 fully saturated rings. The van der Waals surface area contributed by atoms with Crippen LogP contribution in [-0.4, -0.2) is 113 Å². The van der Waals surface area contributed by atoms with Crippen LogP contribution in [0, 0.1) is 23.6 Å². The van der Waals surface area contributed by atoms with Gasteiger partial charge in [-0.05, 0) is 85.6 Å². The van der Waals surface area contributed by atoms with E-state index in [4.69, 9.17) is 28.8 Å². The number of hydrogen-bond donors (Lipinski definition) is 7. The molecule has 360 valence electrons. The van der Waals surface area contributed by atoms with E-state index < -0.39 is 95.9 Å². The van der Waals surface area contributed by atoms with Crippen LogP contribution in [0.15, 0.2) is 53.5 Å². The molecular weight excluding hydrogens is 893 g/mol. The van der Waals surface area contributed by atoms with E-state index in [-0.39, 0.29) is 55.6 Å². The molecule has 2 aromatic carbocycles. The van der Waals surface area contributed by atoms with Crippen molar-refractivity contribution in [3.63, 3.8) is 0 Å². The summed E-state index contributed by atoms with van der Waals surface area (Å²) in [4.78, 5) is 116. The van der Waals surface area contributed by atoms with Crippen molar-refractivity contribution in [1.29, 1.82) is 0 Å². The van der Waals surface area contributed by atoms with E-state index in [9.17, 15) is 42.7 Å². The molecule has 0 radical (unpaired) electrons. The molecule has 0 bridgehead atoms. The molecule has 4 rings (SSSR count). The van der Waals surface area contributed by atoms with Gasteiger partial charge in [0.2, 0.25) is 35.4 Å². The first-order chi connectivity index (χ1) is 31.4. The average molecular weight is 957 g/mol. The van der Waals surface area contributed by atoms with Gasteiger partial charge in [-0.2, -0.15) is 11.8 Å². The van der Waals surface area contributed by atoms with Gasteiger partial charge in [0, 0.05) is 62.0 Å². The van der Waals surface area contributed by atoms with Crippen LogP contribution in [0.3, 0.4) is 0 Å². The van der Waals surface area contributed by atoms with Gasteiger partial charge in [-0.15, -0.1) is 0 Å². The van der Waals surface area contributed by atoms with Crippen molar-refractivity contribution < 1.29 is 42.7 Å². The number of nitrogens with zero attached hydrogens (tertiary/aromatic N) is 2. The third-order valence-corrected chi connectivity index (χ3v) is 12.9. The lowest BCUT2D eigenvalue weighted by Gasteiger charge is -2.30. The molecule has 66 heavy (non-hydrogen) atoms. The number of hydrogen-bond acceptors (Lipinski definition) is 10. The van der Waals surface area contributed by atoms with E-state index in [1.165, 1.54) is 40.9 Å². The molecular formula is C46H63ClFN9O8S. The highest BCUT2D eigenvalue weighted by Gasteiger charge is 2.39. The zero-order valence-corrected chi connectivity index (χ0v) is 39.1. The Labute approximate surface area is 394 Å². The van der Waals surface area contributed by atoms with Gasteiger partial charge in [-0.1, -0.05) is 49.7 Å². The Hall–Kier alpha value is -5.56. The molecule has 10 N–H and O–H groups in total. The first kappa shape index (κ1) is 53.1. The summed E-state index contributed by atoms with van der Waals surface area (Å²) < 4.78 is 13.9. The van der Waals surface area contributed by atoms with Gasteiger partial charge >= 0.3 is 0 Å². The summed E-state index contributed by atoms with van der Waals surface area (Å²) in [6.45, 7) is 4.31. The smallest absolute Gasteiger partial charge is 0.243 e. The summed E-state index contributed by atoms with van der Waals surface area (Å²) >= 11 is 7.47. The zero-order chi connectivity index (χ0) is 48.3. The largest absolute Gasteiger partial charge is 0.370 e. The summed E-state index contributed by atoms with van der Waals surface area (Å²) in [7, 11) is 0. The fourth-order valence-electron chi connectivity index (χ4n) is 7.90. The van der Waals surface area contributed by atoms with Crippen molar-refractivity contribution >= 4 is 76.3 Å². The Kier molecular flexibility index (Phi) is 21.3. The lowest BCUT2D eigenvalue weighted by molar-refractivity contribution is -0.142. The third-order valence-electron chi connectivity index (χ3n) is 11.5. The fraction of sp³-hybridized carbons (Fsp3) is 0.543. The standard InChI is InChI=1S/C46H63ClFN9O8S/c1-27(2)40-44(64)54-35(25-39(49)60)38(59)24-31(45(65)57-19-5-8-37(57)43(63)52-17-3-4-18-53-46(50)51)26-66-20-6-7-34(58)23-30(21-28-9-13-32(47)14-10-28)41(61)55-36(42(62)56-40)22-29-11-15-33(48)16-12-29/h9-16,27,30-31,35-37,40H,3-8,17-26H2,1-2H3,(H2,49,60)(H,52,63)(H,54,64)(H,55,61)(H,56,62)(H4,50,51,53)/t30-,31+,35+,36+,37+,40+/m1/s1. The predicted octanol–water partition coefficient (Wildman–Crippen LogP) is 2.09. The van der Waals surface area contributed by atoms with Crippen LogP contribution in [0.2, 0.25) is 5.02 Å². The number of aliphatic imine (C=N–C) groups is 1. The van der Waals surface area contributed by atoms with Crippen LogP contribution in [0.5, 0.6) is 0 Å². The van der Waals surface area contributed by atoms with Gasteiger partial charge in [-0.3, -0.25) is 43.3 Å². The van der Waals surface area contributed by atoms with Crippen molar-refractivity contribution in [2.24, 2.45) is 39.9 Å². The highest BCUT2D eigenvalue weighted by atomic mass is 35.5. The van der Waals surface area contributed by atoms with Crippen LogP contribution in [0.4, 0.5) is 4.39 Å². The maximum Gasteiger partial charge on any atom is 0.243 e. The number of nitrogens with two attached hydrogens (primary N) is 3. The molecule has 6 atom stereocenters. The second-order valence-electron chi connectivity index (χ2n) is 17.2. The Balaban J connectivity index is 1.64. The van der Waals surface area contributed by atoms with Crippen LogP contribution in [0.25, 0.3) is 0 Å². The molecule has 0 spiro atoms. The lowest BCUT2D eigenvalue weighted by Crippen LogP contribution is -2.58. The van der Waals surface area contributed by atoms with Crippen molar-refractivity contribution in [3.8, 4) is 0 Å². The van der Waals surface area contributed by atoms with Crippen molar-refractivity contribution in [2.75, 3.05) is 31.1 Å². The first-order valence-electron chi connectivity index (χ1n) is 22.4. The molecule has 0 unspecified atom stereocenters. The summed E-state index contributed by atoms with van der Waals surface area (Å²) in [5, 5.41) is 11.5. The van der Waals surface area contributed by atoms with E-state index in [0.29, 0.717) is 61.5 Å². The number of likely N-dealkylation sites (tertiary alicyclic amines) is 1. The van der Waals surface area contributed by atoms with E-state index >= 15 is 0 Å². The SMILES string of the molecule is CC(C)[C@@H]1NC(=O)[C@H](Cc2ccc(F)cc2)NC(=O)[C@H](Cc2ccc(Cl)cc2)CC(=O)CCCSC[C@@H](C(=O)N2CCC[C@H]2C(=O)NCCCCN=C(N)N)CC(=O)[C@H](CC(N)=O)NC1=O.